The van der Waals surface area contributed by atoms with Crippen LogP contribution in [0.5, 0.6) is 0 Å². The van der Waals surface area contributed by atoms with Gasteiger partial charge in [-0.05, 0) is 37.4 Å². The summed E-state index contributed by atoms with van der Waals surface area (Å²) in [4.78, 5) is 16.1. The van der Waals surface area contributed by atoms with Gasteiger partial charge in [0, 0.05) is 43.3 Å². The van der Waals surface area contributed by atoms with Gasteiger partial charge < -0.3 is 4.90 Å². The van der Waals surface area contributed by atoms with Crippen LogP contribution in [0.25, 0.3) is 0 Å². The average molecular weight is 440 g/mol. The third-order valence-electron chi connectivity index (χ3n) is 4.85. The summed E-state index contributed by atoms with van der Waals surface area (Å²) >= 11 is 5.83. The highest BCUT2D eigenvalue weighted by molar-refractivity contribution is 7.89. The number of rotatable bonds is 6. The zero-order valence-electron chi connectivity index (χ0n) is 16.1. The first-order valence-corrected chi connectivity index (χ1v) is 11.0. The lowest BCUT2D eigenvalue weighted by atomic mass is 10.2. The van der Waals surface area contributed by atoms with E-state index in [1.165, 1.54) is 22.5 Å². The number of hydrogen-bond acceptors (Lipinski definition) is 4. The Kier molecular flexibility index (Phi) is 6.89. The Morgan fingerprint density at radius 3 is 2.31 bits per heavy atom. The van der Waals surface area contributed by atoms with E-state index in [1.807, 2.05) is 0 Å². The van der Waals surface area contributed by atoms with Crippen LogP contribution in [0.1, 0.15) is 5.56 Å². The smallest absolute Gasteiger partial charge is 0.243 e. The monoisotopic (exact) mass is 439 g/mol. The second-order valence-electron chi connectivity index (χ2n) is 7.00. The van der Waals surface area contributed by atoms with Gasteiger partial charge in [0.05, 0.1) is 11.4 Å². The lowest BCUT2D eigenvalue weighted by Crippen LogP contribution is -2.52. The molecule has 1 aliphatic rings. The Hall–Kier alpha value is -2.00. The third kappa shape index (κ3) is 5.33. The quantitative estimate of drug-likeness (QED) is 0.693. The van der Waals surface area contributed by atoms with E-state index in [0.717, 1.165) is 0 Å². The van der Waals surface area contributed by atoms with Crippen LogP contribution in [0, 0.1) is 5.82 Å². The van der Waals surface area contributed by atoms with Gasteiger partial charge in [0.2, 0.25) is 15.9 Å². The number of benzene rings is 2. The molecule has 1 aliphatic heterocycles. The van der Waals surface area contributed by atoms with Crippen molar-refractivity contribution in [3.63, 3.8) is 0 Å². The van der Waals surface area contributed by atoms with E-state index < -0.39 is 10.0 Å². The van der Waals surface area contributed by atoms with Crippen LogP contribution in [-0.4, -0.2) is 68.2 Å². The number of nitrogens with zero attached hydrogens (tertiary/aromatic N) is 3. The van der Waals surface area contributed by atoms with Crippen molar-refractivity contribution in [1.82, 2.24) is 14.1 Å². The zero-order chi connectivity index (χ0) is 21.0. The van der Waals surface area contributed by atoms with E-state index in [9.17, 15) is 17.6 Å². The normalized spacial score (nSPS) is 15.7. The van der Waals surface area contributed by atoms with Crippen LogP contribution < -0.4 is 0 Å². The second kappa shape index (κ2) is 9.21. The van der Waals surface area contributed by atoms with Crippen LogP contribution in [0.3, 0.4) is 0 Å². The number of halogens is 2. The van der Waals surface area contributed by atoms with Gasteiger partial charge in [-0.1, -0.05) is 29.8 Å². The SMILES string of the molecule is CN(CC(=O)N1CCN(S(=O)(=O)c2ccc(Cl)cc2)CC1)Cc1ccccc1F. The summed E-state index contributed by atoms with van der Waals surface area (Å²) in [7, 11) is -1.86. The average Bonchev–Trinajstić information content (AvgIpc) is 2.70. The van der Waals surface area contributed by atoms with Gasteiger partial charge in [-0.25, -0.2) is 12.8 Å². The molecule has 2 aromatic carbocycles. The number of sulfonamides is 1. The Morgan fingerprint density at radius 2 is 1.69 bits per heavy atom. The molecule has 156 valence electrons. The molecule has 9 heteroatoms. The molecular formula is C20H23ClFN3O3S. The van der Waals surface area contributed by atoms with Crippen LogP contribution >= 0.6 is 11.6 Å². The minimum absolute atomic E-state index is 0.104. The van der Waals surface area contributed by atoms with Crippen molar-refractivity contribution in [2.45, 2.75) is 11.4 Å². The summed E-state index contributed by atoms with van der Waals surface area (Å²) in [5, 5.41) is 0.471. The van der Waals surface area contributed by atoms with Crippen molar-refractivity contribution >= 4 is 27.5 Å². The van der Waals surface area contributed by atoms with E-state index in [2.05, 4.69) is 0 Å². The molecular weight excluding hydrogens is 417 g/mol. The Labute approximate surface area is 175 Å². The Morgan fingerprint density at radius 1 is 1.07 bits per heavy atom. The largest absolute Gasteiger partial charge is 0.339 e. The number of carbonyl (C=O) groups excluding carboxylic acids is 1. The van der Waals surface area contributed by atoms with Gasteiger partial charge in [-0.15, -0.1) is 0 Å². The van der Waals surface area contributed by atoms with Crippen LogP contribution in [0.4, 0.5) is 4.39 Å². The topological polar surface area (TPSA) is 60.9 Å². The van der Waals surface area contributed by atoms with Crippen LogP contribution in [-0.2, 0) is 21.4 Å². The highest BCUT2D eigenvalue weighted by Gasteiger charge is 2.30. The summed E-state index contributed by atoms with van der Waals surface area (Å²) < 4.78 is 40.6. The number of likely N-dealkylation sites (N-methyl/N-ethyl adjacent to an activating group) is 1. The van der Waals surface area contributed by atoms with Gasteiger partial charge in [0.25, 0.3) is 0 Å². The number of piperazine rings is 1. The second-order valence-corrected chi connectivity index (χ2v) is 9.38. The predicted octanol–water partition coefficient (Wildman–Crippen LogP) is 2.44. The number of hydrogen-bond donors (Lipinski definition) is 0. The summed E-state index contributed by atoms with van der Waals surface area (Å²) in [6.07, 6.45) is 0. The molecule has 0 N–H and O–H groups in total. The fraction of sp³-hybridized carbons (Fsp3) is 0.350. The molecule has 1 saturated heterocycles. The maximum atomic E-state index is 13.8. The molecule has 2 aromatic rings. The fourth-order valence-electron chi connectivity index (χ4n) is 3.24. The molecule has 3 rings (SSSR count). The maximum Gasteiger partial charge on any atom is 0.243 e. The molecule has 1 heterocycles. The molecule has 0 saturated carbocycles. The Balaban J connectivity index is 1.54. The van der Waals surface area contributed by atoms with E-state index in [-0.39, 0.29) is 36.3 Å². The highest BCUT2D eigenvalue weighted by atomic mass is 35.5. The molecule has 0 atom stereocenters. The van der Waals surface area contributed by atoms with Gasteiger partial charge >= 0.3 is 0 Å². The summed E-state index contributed by atoms with van der Waals surface area (Å²) in [6, 6.07) is 12.5. The van der Waals surface area contributed by atoms with Crippen LogP contribution in [0.2, 0.25) is 5.02 Å². The minimum atomic E-state index is -3.61. The molecule has 0 radical (unpaired) electrons. The number of carbonyl (C=O) groups is 1. The van der Waals surface area contributed by atoms with Crippen molar-refractivity contribution in [2.24, 2.45) is 0 Å². The van der Waals surface area contributed by atoms with E-state index in [0.29, 0.717) is 30.2 Å². The molecule has 0 aliphatic carbocycles. The molecule has 29 heavy (non-hydrogen) atoms. The summed E-state index contributed by atoms with van der Waals surface area (Å²) in [6.45, 7) is 1.56. The zero-order valence-corrected chi connectivity index (χ0v) is 17.7. The van der Waals surface area contributed by atoms with Crippen molar-refractivity contribution in [3.05, 3.63) is 64.9 Å². The van der Waals surface area contributed by atoms with Gasteiger partial charge in [-0.3, -0.25) is 9.69 Å². The first kappa shape index (κ1) is 21.7. The molecule has 0 unspecified atom stereocenters. The standard InChI is InChI=1S/C20H23ClFN3O3S/c1-23(14-16-4-2-3-5-19(16)22)15-20(26)24-10-12-25(13-11-24)29(27,28)18-8-6-17(21)7-9-18/h2-9H,10-15H2,1H3. The highest BCUT2D eigenvalue weighted by Crippen LogP contribution is 2.20. The van der Waals surface area contributed by atoms with Gasteiger partial charge in [-0.2, -0.15) is 4.31 Å². The minimum Gasteiger partial charge on any atom is -0.339 e. The van der Waals surface area contributed by atoms with Gasteiger partial charge in [0.1, 0.15) is 5.82 Å². The molecule has 6 nitrogen and oxygen atoms in total. The van der Waals surface area contributed by atoms with E-state index in [4.69, 9.17) is 11.6 Å². The first-order valence-electron chi connectivity index (χ1n) is 9.23. The summed E-state index contributed by atoms with van der Waals surface area (Å²) in [5.41, 5.74) is 0.529. The lowest BCUT2D eigenvalue weighted by Gasteiger charge is -2.34. The van der Waals surface area contributed by atoms with E-state index >= 15 is 0 Å². The predicted molar refractivity (Wildman–Crippen MR) is 110 cm³/mol. The molecule has 1 amide bonds. The molecule has 1 fully saturated rings. The van der Waals surface area contributed by atoms with Crippen molar-refractivity contribution in [1.29, 1.82) is 0 Å². The van der Waals surface area contributed by atoms with Crippen molar-refractivity contribution < 1.29 is 17.6 Å². The van der Waals surface area contributed by atoms with E-state index in [1.54, 1.807) is 47.2 Å². The maximum absolute atomic E-state index is 13.8. The Bertz CT molecular complexity index is 961. The molecule has 0 spiro atoms. The lowest BCUT2D eigenvalue weighted by molar-refractivity contribution is -0.133. The van der Waals surface area contributed by atoms with Gasteiger partial charge in [0.15, 0.2) is 0 Å². The third-order valence-corrected chi connectivity index (χ3v) is 7.01. The first-order chi connectivity index (χ1) is 13.8. The molecule has 0 aromatic heterocycles. The molecule has 0 bridgehead atoms. The van der Waals surface area contributed by atoms with Crippen LogP contribution in [0.15, 0.2) is 53.4 Å². The van der Waals surface area contributed by atoms with Crippen molar-refractivity contribution in [2.75, 3.05) is 39.8 Å². The number of amides is 1. The fourth-order valence-corrected chi connectivity index (χ4v) is 4.79. The van der Waals surface area contributed by atoms with Crippen molar-refractivity contribution in [3.8, 4) is 0 Å². The summed E-state index contributed by atoms with van der Waals surface area (Å²) in [5.74, 6) is -0.403.